The number of pyridine rings is 2. The third kappa shape index (κ3) is 3.68. The van der Waals surface area contributed by atoms with Crippen molar-refractivity contribution in [2.75, 3.05) is 7.11 Å². The molecule has 1 atom stereocenters. The van der Waals surface area contributed by atoms with E-state index in [0.717, 1.165) is 35.1 Å². The van der Waals surface area contributed by atoms with Gasteiger partial charge < -0.3 is 18.8 Å². The number of cyclic esters (lactones) is 1. The second kappa shape index (κ2) is 8.83. The summed E-state index contributed by atoms with van der Waals surface area (Å²) in [5.74, 6) is -0.381. The first kappa shape index (κ1) is 23.1. The first-order valence-electron chi connectivity index (χ1n) is 12.1. The van der Waals surface area contributed by atoms with Gasteiger partial charge in [0.05, 0.1) is 36.1 Å². The number of aromatic nitrogens is 2. The Balaban J connectivity index is 1.63. The fourth-order valence-corrected chi connectivity index (χ4v) is 5.01. The minimum Gasteiger partial charge on any atom is -0.497 e. The van der Waals surface area contributed by atoms with Crippen LogP contribution >= 0.6 is 0 Å². The molecule has 0 bridgehead atoms. The number of fused-ring (bicyclic) bond motifs is 5. The van der Waals surface area contributed by atoms with Gasteiger partial charge in [-0.3, -0.25) is 9.59 Å². The summed E-state index contributed by atoms with van der Waals surface area (Å²) >= 11 is 0. The molecule has 0 aliphatic carbocycles. The lowest BCUT2D eigenvalue weighted by molar-refractivity contribution is -0.189. The molecule has 3 aromatic rings. The van der Waals surface area contributed by atoms with E-state index in [-0.39, 0.29) is 25.0 Å². The summed E-state index contributed by atoms with van der Waals surface area (Å²) in [5, 5.41) is 0.913. The summed E-state index contributed by atoms with van der Waals surface area (Å²) in [6.07, 6.45) is 2.92. The molecule has 0 N–H and O–H groups in total. The SMILES string of the molecule is CCCCCC(=O)O[C@]1(CC)C(=O)OCc2c1cc1n(c2=O)Cc2cc3cc(OC)ccc3nc2-1. The normalized spacial score (nSPS) is 18.0. The van der Waals surface area contributed by atoms with Gasteiger partial charge >= 0.3 is 11.9 Å². The van der Waals surface area contributed by atoms with E-state index in [1.807, 2.05) is 31.2 Å². The molecule has 0 radical (unpaired) electrons. The van der Waals surface area contributed by atoms with Gasteiger partial charge in [-0.25, -0.2) is 9.78 Å². The number of hydrogen-bond acceptors (Lipinski definition) is 7. The molecule has 8 nitrogen and oxygen atoms in total. The predicted molar refractivity (Wildman–Crippen MR) is 129 cm³/mol. The lowest BCUT2D eigenvalue weighted by atomic mass is 9.85. The number of methoxy groups -OCH3 is 1. The van der Waals surface area contributed by atoms with Crippen LogP contribution in [0.2, 0.25) is 0 Å². The number of carbonyl (C=O) groups excluding carboxylic acids is 2. The molecule has 182 valence electrons. The maximum Gasteiger partial charge on any atom is 0.355 e. The van der Waals surface area contributed by atoms with Crippen molar-refractivity contribution >= 4 is 22.8 Å². The van der Waals surface area contributed by atoms with Crippen molar-refractivity contribution in [3.63, 3.8) is 0 Å². The number of ether oxygens (including phenoxy) is 3. The fourth-order valence-electron chi connectivity index (χ4n) is 5.01. The Morgan fingerprint density at radius 2 is 2.00 bits per heavy atom. The Hall–Kier alpha value is -3.68. The fraction of sp³-hybridized carbons (Fsp3) is 0.407. The maximum absolute atomic E-state index is 13.6. The Morgan fingerprint density at radius 3 is 2.74 bits per heavy atom. The average molecular weight is 477 g/mol. The summed E-state index contributed by atoms with van der Waals surface area (Å²) in [5.41, 5.74) is 1.80. The van der Waals surface area contributed by atoms with Crippen LogP contribution in [0.3, 0.4) is 0 Å². The van der Waals surface area contributed by atoms with Crippen LogP contribution < -0.4 is 10.3 Å². The predicted octanol–water partition coefficient (Wildman–Crippen LogP) is 4.22. The number of esters is 2. The highest BCUT2D eigenvalue weighted by Gasteiger charge is 2.50. The Labute approximate surface area is 202 Å². The van der Waals surface area contributed by atoms with Crippen LogP contribution in [0, 0.1) is 0 Å². The van der Waals surface area contributed by atoms with Gasteiger partial charge in [0, 0.05) is 22.9 Å². The molecule has 5 rings (SSSR count). The molecule has 0 unspecified atom stereocenters. The van der Waals surface area contributed by atoms with Crippen molar-refractivity contribution < 1.29 is 23.8 Å². The molecule has 0 saturated heterocycles. The minimum atomic E-state index is -1.64. The Bertz CT molecular complexity index is 1410. The number of rotatable bonds is 7. The first-order chi connectivity index (χ1) is 16.9. The summed E-state index contributed by atoms with van der Waals surface area (Å²) in [4.78, 5) is 44.1. The van der Waals surface area contributed by atoms with Crippen LogP contribution in [0.5, 0.6) is 5.75 Å². The highest BCUT2D eigenvalue weighted by atomic mass is 16.6. The van der Waals surface area contributed by atoms with Crippen molar-refractivity contribution in [1.82, 2.24) is 9.55 Å². The van der Waals surface area contributed by atoms with Crippen molar-refractivity contribution in [3.8, 4) is 17.1 Å². The van der Waals surface area contributed by atoms with E-state index in [1.54, 1.807) is 24.7 Å². The second-order valence-electron chi connectivity index (χ2n) is 9.06. The summed E-state index contributed by atoms with van der Waals surface area (Å²) in [6.45, 7) is 4.02. The van der Waals surface area contributed by atoms with E-state index in [9.17, 15) is 14.4 Å². The van der Waals surface area contributed by atoms with Crippen molar-refractivity contribution in [1.29, 1.82) is 0 Å². The minimum absolute atomic E-state index is 0.147. The smallest absolute Gasteiger partial charge is 0.355 e. The number of benzene rings is 1. The van der Waals surface area contributed by atoms with Gasteiger partial charge in [0.15, 0.2) is 0 Å². The topological polar surface area (TPSA) is 96.7 Å². The van der Waals surface area contributed by atoms with Crippen molar-refractivity contribution in [2.24, 2.45) is 0 Å². The number of nitrogens with zero attached hydrogens (tertiary/aromatic N) is 2. The molecule has 1 aromatic carbocycles. The van der Waals surface area contributed by atoms with Crippen LogP contribution in [-0.2, 0) is 37.8 Å². The van der Waals surface area contributed by atoms with E-state index < -0.39 is 17.5 Å². The van der Waals surface area contributed by atoms with E-state index in [4.69, 9.17) is 19.2 Å². The quantitative estimate of drug-likeness (QED) is 0.291. The Morgan fingerprint density at radius 1 is 1.17 bits per heavy atom. The molecular weight excluding hydrogens is 448 g/mol. The van der Waals surface area contributed by atoms with Gasteiger partial charge in [0.1, 0.15) is 12.4 Å². The molecule has 8 heteroatoms. The van der Waals surface area contributed by atoms with Gasteiger partial charge in [-0.15, -0.1) is 0 Å². The summed E-state index contributed by atoms with van der Waals surface area (Å²) < 4.78 is 18.2. The van der Waals surface area contributed by atoms with Gasteiger partial charge in [-0.05, 0) is 43.2 Å². The first-order valence-corrected chi connectivity index (χ1v) is 12.1. The van der Waals surface area contributed by atoms with Gasteiger partial charge in [0.25, 0.3) is 5.56 Å². The molecule has 4 heterocycles. The third-order valence-corrected chi connectivity index (χ3v) is 6.96. The molecule has 0 saturated carbocycles. The third-order valence-electron chi connectivity index (χ3n) is 6.96. The maximum atomic E-state index is 13.6. The van der Waals surface area contributed by atoms with E-state index in [1.165, 1.54) is 0 Å². The highest BCUT2D eigenvalue weighted by Crippen LogP contribution is 2.41. The molecule has 0 amide bonds. The van der Waals surface area contributed by atoms with Crippen LogP contribution in [0.25, 0.3) is 22.3 Å². The molecule has 2 aliphatic heterocycles. The lowest BCUT2D eigenvalue weighted by Gasteiger charge is -2.35. The van der Waals surface area contributed by atoms with Crippen LogP contribution in [0.15, 0.2) is 35.1 Å². The molecule has 0 fully saturated rings. The number of carbonyl (C=O) groups is 2. The van der Waals surface area contributed by atoms with Crippen LogP contribution in [0.4, 0.5) is 0 Å². The number of hydrogen-bond donors (Lipinski definition) is 0. The standard InChI is InChI=1S/C27H28N2O6/c1-4-6-7-8-23(30)35-27(5-2)20-13-22-24-17(11-16-12-18(33-3)9-10-21(16)28-24)14-29(22)25(31)19(20)15-34-26(27)32/h9-13H,4-8,14-15H2,1-3H3/t27-/m0/s1. The molecule has 35 heavy (non-hydrogen) atoms. The summed E-state index contributed by atoms with van der Waals surface area (Å²) in [7, 11) is 1.61. The molecular formula is C27H28N2O6. The van der Waals surface area contributed by atoms with Crippen molar-refractivity contribution in [3.05, 3.63) is 57.4 Å². The largest absolute Gasteiger partial charge is 0.497 e. The highest BCUT2D eigenvalue weighted by molar-refractivity contribution is 5.88. The van der Waals surface area contributed by atoms with Crippen LogP contribution in [0.1, 0.15) is 62.6 Å². The zero-order chi connectivity index (χ0) is 24.7. The molecule has 2 aromatic heterocycles. The average Bonchev–Trinajstić information content (AvgIpc) is 3.22. The van der Waals surface area contributed by atoms with Crippen LogP contribution in [-0.4, -0.2) is 28.6 Å². The molecule has 2 aliphatic rings. The zero-order valence-electron chi connectivity index (χ0n) is 20.2. The summed E-state index contributed by atoms with van der Waals surface area (Å²) in [6, 6.07) is 9.42. The Kier molecular flexibility index (Phi) is 5.83. The van der Waals surface area contributed by atoms with Gasteiger partial charge in [0.2, 0.25) is 5.60 Å². The number of unbranched alkanes of at least 4 members (excludes halogenated alkanes) is 2. The monoisotopic (exact) mass is 476 g/mol. The lowest BCUT2D eigenvalue weighted by Crippen LogP contribution is -2.47. The van der Waals surface area contributed by atoms with Crippen molar-refractivity contribution in [2.45, 2.75) is 64.7 Å². The molecule has 0 spiro atoms. The van der Waals surface area contributed by atoms with E-state index in [0.29, 0.717) is 35.5 Å². The van der Waals surface area contributed by atoms with E-state index >= 15 is 0 Å². The zero-order valence-corrected chi connectivity index (χ0v) is 20.2. The van der Waals surface area contributed by atoms with Gasteiger partial charge in [-0.2, -0.15) is 0 Å². The second-order valence-corrected chi connectivity index (χ2v) is 9.06. The van der Waals surface area contributed by atoms with Gasteiger partial charge in [-0.1, -0.05) is 26.7 Å². The van der Waals surface area contributed by atoms with E-state index in [2.05, 4.69) is 0 Å².